The molecule has 1 aliphatic heterocycles. The molecule has 0 aromatic heterocycles. The number of nitrogens with two attached hydrogens (primary N) is 1. The van der Waals surface area contributed by atoms with Gasteiger partial charge in [0.15, 0.2) is 0 Å². The number of amides is 1. The summed E-state index contributed by atoms with van der Waals surface area (Å²) in [5.74, 6) is 1.79. The van der Waals surface area contributed by atoms with E-state index in [-0.39, 0.29) is 23.7 Å². The van der Waals surface area contributed by atoms with Gasteiger partial charge in [0.05, 0.1) is 5.41 Å². The predicted molar refractivity (Wildman–Crippen MR) is 72.1 cm³/mol. The number of likely N-dealkylation sites (tertiary alicyclic amines) is 1. The first kappa shape index (κ1) is 14.8. The Hall–Kier alpha value is -0.280. The Morgan fingerprint density at radius 2 is 1.71 bits per heavy atom. The highest BCUT2D eigenvalue weighted by Crippen LogP contribution is 2.37. The summed E-state index contributed by atoms with van der Waals surface area (Å²) in [6, 6.07) is 0. The highest BCUT2D eigenvalue weighted by Gasteiger charge is 2.40. The normalized spacial score (nSPS) is 28.5. The van der Waals surface area contributed by atoms with Gasteiger partial charge in [-0.15, -0.1) is 12.4 Å². The molecule has 1 saturated carbocycles. The second-order valence-electron chi connectivity index (χ2n) is 6.10. The monoisotopic (exact) mass is 260 g/mol. The van der Waals surface area contributed by atoms with Crippen LogP contribution in [0.4, 0.5) is 0 Å². The van der Waals surface area contributed by atoms with Crippen molar-refractivity contribution in [3.05, 3.63) is 0 Å². The number of hydrogen-bond donors (Lipinski definition) is 1. The topological polar surface area (TPSA) is 46.3 Å². The van der Waals surface area contributed by atoms with Crippen LogP contribution in [-0.2, 0) is 4.79 Å². The number of carbonyl (C=O) groups is 1. The van der Waals surface area contributed by atoms with Gasteiger partial charge in [-0.1, -0.05) is 12.8 Å². The zero-order chi connectivity index (χ0) is 11.8. The van der Waals surface area contributed by atoms with Crippen LogP contribution in [-0.4, -0.2) is 30.4 Å². The third kappa shape index (κ3) is 2.94. The van der Waals surface area contributed by atoms with Gasteiger partial charge in [-0.25, -0.2) is 0 Å². The van der Waals surface area contributed by atoms with Crippen molar-refractivity contribution in [3.63, 3.8) is 0 Å². The van der Waals surface area contributed by atoms with Crippen molar-refractivity contribution < 1.29 is 4.79 Å². The maximum absolute atomic E-state index is 12.3. The molecule has 2 unspecified atom stereocenters. The summed E-state index contributed by atoms with van der Waals surface area (Å²) < 4.78 is 0. The van der Waals surface area contributed by atoms with Crippen LogP contribution in [0.1, 0.15) is 39.5 Å². The van der Waals surface area contributed by atoms with E-state index in [1.807, 2.05) is 13.8 Å². The molecule has 3 nitrogen and oxygen atoms in total. The molecule has 0 aromatic carbocycles. The van der Waals surface area contributed by atoms with Crippen molar-refractivity contribution in [1.82, 2.24) is 4.90 Å². The Morgan fingerprint density at radius 3 is 2.12 bits per heavy atom. The lowest BCUT2D eigenvalue weighted by molar-refractivity contribution is -0.139. The standard InChI is InChI=1S/C13H24N2O.ClH/c1-13(2,9-14)12(16)15-7-10-5-3-4-6-11(10)8-15;/h10-11H,3-9,14H2,1-2H3;1H. The number of fused-ring (bicyclic) bond motifs is 1. The number of rotatable bonds is 2. The minimum absolute atomic E-state index is 0. The van der Waals surface area contributed by atoms with Crippen LogP contribution >= 0.6 is 12.4 Å². The summed E-state index contributed by atoms with van der Waals surface area (Å²) in [6.45, 7) is 6.31. The quantitative estimate of drug-likeness (QED) is 0.826. The molecule has 1 aliphatic carbocycles. The fraction of sp³-hybridized carbons (Fsp3) is 0.923. The summed E-state index contributed by atoms with van der Waals surface area (Å²) in [5, 5.41) is 0. The molecule has 17 heavy (non-hydrogen) atoms. The average molecular weight is 261 g/mol. The van der Waals surface area contributed by atoms with E-state index in [0.29, 0.717) is 6.54 Å². The van der Waals surface area contributed by atoms with Crippen molar-refractivity contribution in [2.75, 3.05) is 19.6 Å². The molecular weight excluding hydrogens is 236 g/mol. The van der Waals surface area contributed by atoms with Gasteiger partial charge >= 0.3 is 0 Å². The maximum atomic E-state index is 12.3. The molecule has 100 valence electrons. The molecule has 0 radical (unpaired) electrons. The molecule has 0 aromatic rings. The van der Waals surface area contributed by atoms with Crippen molar-refractivity contribution >= 4 is 18.3 Å². The maximum Gasteiger partial charge on any atom is 0.229 e. The van der Waals surface area contributed by atoms with Crippen molar-refractivity contribution in [2.24, 2.45) is 23.0 Å². The number of carbonyl (C=O) groups excluding carboxylic acids is 1. The van der Waals surface area contributed by atoms with E-state index < -0.39 is 0 Å². The van der Waals surface area contributed by atoms with Gasteiger partial charge in [0.25, 0.3) is 0 Å². The van der Waals surface area contributed by atoms with Gasteiger partial charge in [-0.05, 0) is 38.5 Å². The molecule has 1 saturated heterocycles. The second kappa shape index (κ2) is 5.57. The van der Waals surface area contributed by atoms with Gasteiger partial charge in [0.1, 0.15) is 0 Å². The average Bonchev–Trinajstić information content (AvgIpc) is 2.71. The predicted octanol–water partition coefficient (Wildman–Crippen LogP) is 2.04. The minimum Gasteiger partial charge on any atom is -0.342 e. The van der Waals surface area contributed by atoms with Crippen molar-refractivity contribution in [3.8, 4) is 0 Å². The van der Waals surface area contributed by atoms with Crippen LogP contribution in [0.15, 0.2) is 0 Å². The third-order valence-corrected chi connectivity index (χ3v) is 4.35. The first-order chi connectivity index (χ1) is 7.54. The summed E-state index contributed by atoms with van der Waals surface area (Å²) in [5.41, 5.74) is 5.29. The Morgan fingerprint density at radius 1 is 1.24 bits per heavy atom. The lowest BCUT2D eigenvalue weighted by Crippen LogP contribution is -2.43. The number of halogens is 1. The van der Waals surface area contributed by atoms with Crippen LogP contribution in [0.25, 0.3) is 0 Å². The van der Waals surface area contributed by atoms with Gasteiger partial charge in [-0.3, -0.25) is 4.79 Å². The fourth-order valence-electron chi connectivity index (χ4n) is 3.09. The number of hydrogen-bond acceptors (Lipinski definition) is 2. The second-order valence-corrected chi connectivity index (χ2v) is 6.10. The lowest BCUT2D eigenvalue weighted by atomic mass is 9.82. The van der Waals surface area contributed by atoms with E-state index in [4.69, 9.17) is 5.73 Å². The highest BCUT2D eigenvalue weighted by atomic mass is 35.5. The zero-order valence-electron chi connectivity index (χ0n) is 10.9. The van der Waals surface area contributed by atoms with E-state index >= 15 is 0 Å². The van der Waals surface area contributed by atoms with Gasteiger partial charge in [0, 0.05) is 19.6 Å². The molecule has 2 aliphatic rings. The molecule has 0 spiro atoms. The largest absolute Gasteiger partial charge is 0.342 e. The minimum atomic E-state index is -0.381. The summed E-state index contributed by atoms with van der Waals surface area (Å²) >= 11 is 0. The van der Waals surface area contributed by atoms with Crippen LogP contribution in [0.5, 0.6) is 0 Å². The highest BCUT2D eigenvalue weighted by molar-refractivity contribution is 5.85. The first-order valence-corrected chi connectivity index (χ1v) is 6.54. The van der Waals surface area contributed by atoms with E-state index in [1.54, 1.807) is 0 Å². The Kier molecular flexibility index (Phi) is 4.85. The van der Waals surface area contributed by atoms with E-state index in [1.165, 1.54) is 25.7 Å². The molecule has 2 rings (SSSR count). The molecule has 2 N–H and O–H groups in total. The van der Waals surface area contributed by atoms with Gasteiger partial charge < -0.3 is 10.6 Å². The molecule has 4 heteroatoms. The zero-order valence-corrected chi connectivity index (χ0v) is 11.8. The molecule has 1 heterocycles. The Labute approximate surface area is 111 Å². The van der Waals surface area contributed by atoms with Crippen LogP contribution < -0.4 is 5.73 Å². The summed E-state index contributed by atoms with van der Waals surface area (Å²) in [7, 11) is 0. The Balaban J connectivity index is 0.00000144. The van der Waals surface area contributed by atoms with E-state index in [2.05, 4.69) is 4.90 Å². The SMILES string of the molecule is CC(C)(CN)C(=O)N1CC2CCCCC2C1.Cl. The molecular formula is C13H25ClN2O. The molecule has 2 fully saturated rings. The van der Waals surface area contributed by atoms with Crippen molar-refractivity contribution in [2.45, 2.75) is 39.5 Å². The van der Waals surface area contributed by atoms with Crippen molar-refractivity contribution in [1.29, 1.82) is 0 Å². The molecule has 1 amide bonds. The smallest absolute Gasteiger partial charge is 0.229 e. The molecule has 2 atom stereocenters. The van der Waals surface area contributed by atoms with Crippen LogP contribution in [0, 0.1) is 17.3 Å². The fourth-order valence-corrected chi connectivity index (χ4v) is 3.09. The van der Waals surface area contributed by atoms with E-state index in [0.717, 1.165) is 24.9 Å². The molecule has 0 bridgehead atoms. The van der Waals surface area contributed by atoms with E-state index in [9.17, 15) is 4.79 Å². The van der Waals surface area contributed by atoms with Gasteiger partial charge in [0.2, 0.25) is 5.91 Å². The third-order valence-electron chi connectivity index (χ3n) is 4.35. The van der Waals surface area contributed by atoms with Crippen LogP contribution in [0.3, 0.4) is 0 Å². The lowest BCUT2D eigenvalue weighted by Gasteiger charge is -2.28. The summed E-state index contributed by atoms with van der Waals surface area (Å²) in [4.78, 5) is 14.4. The summed E-state index contributed by atoms with van der Waals surface area (Å²) in [6.07, 6.45) is 5.34. The Bertz CT molecular complexity index is 267. The number of nitrogens with zero attached hydrogens (tertiary/aromatic N) is 1. The first-order valence-electron chi connectivity index (χ1n) is 6.54. The van der Waals surface area contributed by atoms with Gasteiger partial charge in [-0.2, -0.15) is 0 Å². The van der Waals surface area contributed by atoms with Crippen LogP contribution in [0.2, 0.25) is 0 Å².